The molecular weight excluding hydrogens is 286 g/mol. The summed E-state index contributed by atoms with van der Waals surface area (Å²) in [6.45, 7) is 4.03. The van der Waals surface area contributed by atoms with Crippen molar-refractivity contribution in [2.75, 3.05) is 0 Å². The lowest BCUT2D eigenvalue weighted by Crippen LogP contribution is -2.30. The molecule has 21 heavy (non-hydrogen) atoms. The molecule has 3 N–H and O–H groups in total. The molecule has 0 bridgehead atoms. The molecule has 2 atom stereocenters. The SMILES string of the molecule is CC(Cc1ccccc1Cl)NC(C)c1cc(O)ccc1O. The molecule has 0 fully saturated rings. The molecule has 0 spiro atoms. The summed E-state index contributed by atoms with van der Waals surface area (Å²) in [5, 5.41) is 23.6. The standard InChI is InChI=1S/C17H20ClNO2/c1-11(9-13-5-3-4-6-16(13)18)19-12(2)15-10-14(20)7-8-17(15)21/h3-8,10-12,19-21H,9H2,1-2H3. The van der Waals surface area contributed by atoms with Crippen LogP contribution in [0.3, 0.4) is 0 Å². The predicted molar refractivity (Wildman–Crippen MR) is 85.9 cm³/mol. The van der Waals surface area contributed by atoms with Crippen molar-refractivity contribution in [3.63, 3.8) is 0 Å². The molecule has 112 valence electrons. The Morgan fingerprint density at radius 2 is 1.81 bits per heavy atom. The van der Waals surface area contributed by atoms with E-state index in [-0.39, 0.29) is 23.6 Å². The van der Waals surface area contributed by atoms with Gasteiger partial charge >= 0.3 is 0 Å². The van der Waals surface area contributed by atoms with Crippen molar-refractivity contribution in [1.82, 2.24) is 5.32 Å². The molecular formula is C17H20ClNO2. The van der Waals surface area contributed by atoms with Crippen molar-refractivity contribution in [2.24, 2.45) is 0 Å². The number of halogens is 1. The minimum atomic E-state index is -0.0745. The smallest absolute Gasteiger partial charge is 0.120 e. The molecule has 2 aromatic rings. The van der Waals surface area contributed by atoms with E-state index in [1.54, 1.807) is 6.07 Å². The zero-order chi connectivity index (χ0) is 15.4. The number of benzene rings is 2. The van der Waals surface area contributed by atoms with Crippen molar-refractivity contribution >= 4 is 11.6 Å². The van der Waals surface area contributed by atoms with Gasteiger partial charge in [0.25, 0.3) is 0 Å². The average Bonchev–Trinajstić information content (AvgIpc) is 2.44. The zero-order valence-corrected chi connectivity index (χ0v) is 12.9. The molecule has 0 amide bonds. The highest BCUT2D eigenvalue weighted by Crippen LogP contribution is 2.28. The molecule has 0 aliphatic rings. The minimum Gasteiger partial charge on any atom is -0.508 e. The highest BCUT2D eigenvalue weighted by atomic mass is 35.5. The summed E-state index contributed by atoms with van der Waals surface area (Å²) in [4.78, 5) is 0. The topological polar surface area (TPSA) is 52.5 Å². The second-order valence-corrected chi connectivity index (χ2v) is 5.74. The van der Waals surface area contributed by atoms with E-state index in [9.17, 15) is 10.2 Å². The lowest BCUT2D eigenvalue weighted by Gasteiger charge is -2.21. The third kappa shape index (κ3) is 4.13. The van der Waals surface area contributed by atoms with E-state index in [2.05, 4.69) is 12.2 Å². The van der Waals surface area contributed by atoms with Crippen LogP contribution in [-0.4, -0.2) is 16.3 Å². The number of phenols is 2. The third-order valence-corrected chi connectivity index (χ3v) is 3.86. The van der Waals surface area contributed by atoms with E-state index in [1.807, 2.05) is 31.2 Å². The summed E-state index contributed by atoms with van der Waals surface area (Å²) in [6, 6.07) is 12.4. The first-order valence-electron chi connectivity index (χ1n) is 6.98. The van der Waals surface area contributed by atoms with Gasteiger partial charge in [0, 0.05) is 22.7 Å². The van der Waals surface area contributed by atoms with Gasteiger partial charge in [-0.05, 0) is 50.1 Å². The fourth-order valence-corrected chi connectivity index (χ4v) is 2.67. The van der Waals surface area contributed by atoms with Crippen molar-refractivity contribution < 1.29 is 10.2 Å². The molecule has 0 aromatic heterocycles. The normalized spacial score (nSPS) is 13.9. The van der Waals surface area contributed by atoms with Gasteiger partial charge in [-0.1, -0.05) is 29.8 Å². The van der Waals surface area contributed by atoms with Gasteiger partial charge in [0.1, 0.15) is 11.5 Å². The van der Waals surface area contributed by atoms with Crippen LogP contribution in [0.25, 0.3) is 0 Å². The Kier molecular flexibility index (Phi) is 5.10. The first-order chi connectivity index (χ1) is 9.97. The second-order valence-electron chi connectivity index (χ2n) is 5.33. The maximum absolute atomic E-state index is 9.88. The zero-order valence-electron chi connectivity index (χ0n) is 12.2. The first kappa shape index (κ1) is 15.7. The number of phenolic OH excluding ortho intramolecular Hbond substituents is 2. The quantitative estimate of drug-likeness (QED) is 0.731. The molecule has 0 aliphatic heterocycles. The fourth-order valence-electron chi connectivity index (χ4n) is 2.46. The molecule has 4 heteroatoms. The fraction of sp³-hybridized carbons (Fsp3) is 0.294. The largest absolute Gasteiger partial charge is 0.508 e. The van der Waals surface area contributed by atoms with E-state index in [0.717, 1.165) is 17.0 Å². The summed E-state index contributed by atoms with van der Waals surface area (Å²) < 4.78 is 0. The summed E-state index contributed by atoms with van der Waals surface area (Å²) >= 11 is 6.17. The Morgan fingerprint density at radius 1 is 1.10 bits per heavy atom. The third-order valence-electron chi connectivity index (χ3n) is 3.50. The van der Waals surface area contributed by atoms with Crippen LogP contribution in [-0.2, 0) is 6.42 Å². The van der Waals surface area contributed by atoms with Gasteiger partial charge in [-0.15, -0.1) is 0 Å². The molecule has 0 aliphatic carbocycles. The lowest BCUT2D eigenvalue weighted by atomic mass is 10.0. The number of rotatable bonds is 5. The number of aromatic hydroxyl groups is 2. The maximum Gasteiger partial charge on any atom is 0.120 e. The number of nitrogens with one attached hydrogen (secondary N) is 1. The maximum atomic E-state index is 9.88. The van der Waals surface area contributed by atoms with Crippen molar-refractivity contribution in [2.45, 2.75) is 32.4 Å². The molecule has 2 unspecified atom stereocenters. The van der Waals surface area contributed by atoms with Crippen LogP contribution in [0.4, 0.5) is 0 Å². The van der Waals surface area contributed by atoms with Crippen LogP contribution < -0.4 is 5.32 Å². The minimum absolute atomic E-state index is 0.0745. The Hall–Kier alpha value is -1.71. The van der Waals surface area contributed by atoms with E-state index in [0.29, 0.717) is 5.56 Å². The van der Waals surface area contributed by atoms with Gasteiger partial charge in [0.05, 0.1) is 0 Å². The number of hydrogen-bond acceptors (Lipinski definition) is 3. The summed E-state index contributed by atoms with van der Waals surface area (Å²) in [6.07, 6.45) is 0.795. The number of hydrogen-bond donors (Lipinski definition) is 3. The van der Waals surface area contributed by atoms with E-state index in [1.165, 1.54) is 12.1 Å². The Bertz CT molecular complexity index is 615. The van der Waals surface area contributed by atoms with E-state index in [4.69, 9.17) is 11.6 Å². The van der Waals surface area contributed by atoms with Crippen LogP contribution in [0, 0.1) is 0 Å². The monoisotopic (exact) mass is 305 g/mol. The highest BCUT2D eigenvalue weighted by Gasteiger charge is 2.14. The van der Waals surface area contributed by atoms with Crippen LogP contribution in [0.2, 0.25) is 5.02 Å². The van der Waals surface area contributed by atoms with E-state index >= 15 is 0 Å². The Labute approximate surface area is 130 Å². The van der Waals surface area contributed by atoms with Gasteiger partial charge in [0.2, 0.25) is 0 Å². The van der Waals surface area contributed by atoms with Gasteiger partial charge in [-0.25, -0.2) is 0 Å². The molecule has 0 saturated carbocycles. The molecule has 0 saturated heterocycles. The summed E-state index contributed by atoms with van der Waals surface area (Å²) in [5.74, 6) is 0.327. The molecule has 2 aromatic carbocycles. The van der Waals surface area contributed by atoms with Gasteiger partial charge in [0.15, 0.2) is 0 Å². The molecule has 2 rings (SSSR count). The van der Waals surface area contributed by atoms with Crippen LogP contribution in [0.15, 0.2) is 42.5 Å². The predicted octanol–water partition coefficient (Wildman–Crippen LogP) is 4.03. The van der Waals surface area contributed by atoms with E-state index < -0.39 is 0 Å². The molecule has 3 nitrogen and oxygen atoms in total. The molecule has 0 heterocycles. The summed E-state index contributed by atoms with van der Waals surface area (Å²) in [5.41, 5.74) is 1.77. The van der Waals surface area contributed by atoms with Crippen LogP contribution in [0.5, 0.6) is 11.5 Å². The molecule has 0 radical (unpaired) electrons. The van der Waals surface area contributed by atoms with Crippen molar-refractivity contribution in [1.29, 1.82) is 0 Å². The van der Waals surface area contributed by atoms with Gasteiger partial charge in [-0.2, -0.15) is 0 Å². The lowest BCUT2D eigenvalue weighted by molar-refractivity contribution is 0.425. The summed E-state index contributed by atoms with van der Waals surface area (Å²) in [7, 11) is 0. The second kappa shape index (κ2) is 6.83. The van der Waals surface area contributed by atoms with Crippen LogP contribution in [0.1, 0.15) is 31.0 Å². The van der Waals surface area contributed by atoms with Crippen molar-refractivity contribution in [3.05, 3.63) is 58.6 Å². The van der Waals surface area contributed by atoms with Crippen LogP contribution >= 0.6 is 11.6 Å². The Balaban J connectivity index is 2.04. The average molecular weight is 306 g/mol. The van der Waals surface area contributed by atoms with Gasteiger partial charge in [-0.3, -0.25) is 0 Å². The highest BCUT2D eigenvalue weighted by molar-refractivity contribution is 6.31. The Morgan fingerprint density at radius 3 is 2.52 bits per heavy atom. The van der Waals surface area contributed by atoms with Crippen molar-refractivity contribution in [3.8, 4) is 11.5 Å². The van der Waals surface area contributed by atoms with Gasteiger partial charge < -0.3 is 15.5 Å². The first-order valence-corrected chi connectivity index (χ1v) is 7.36.